The largest absolute Gasteiger partial charge is 0.372 e. The lowest BCUT2D eigenvalue weighted by molar-refractivity contribution is 0.101. The molecule has 4 nitrogen and oxygen atoms in total. The summed E-state index contributed by atoms with van der Waals surface area (Å²) in [5.41, 5.74) is 2.47. The van der Waals surface area contributed by atoms with Crippen molar-refractivity contribution in [3.05, 3.63) is 29.8 Å². The Morgan fingerprint density at radius 3 is 2.54 bits per heavy atom. The Morgan fingerprint density at radius 1 is 1.11 bits per heavy atom. The molecule has 158 valence electrons. The van der Waals surface area contributed by atoms with Gasteiger partial charge in [-0.15, -0.1) is 0 Å². The lowest BCUT2D eigenvalue weighted by Crippen LogP contribution is -2.49. The van der Waals surface area contributed by atoms with Gasteiger partial charge in [0.1, 0.15) is 0 Å². The van der Waals surface area contributed by atoms with Crippen LogP contribution in [0.3, 0.4) is 0 Å². The molecule has 0 bridgehead atoms. The van der Waals surface area contributed by atoms with Crippen LogP contribution in [0.25, 0.3) is 0 Å². The summed E-state index contributed by atoms with van der Waals surface area (Å²) < 4.78 is 0. The summed E-state index contributed by atoms with van der Waals surface area (Å²) in [6, 6.07) is 8.14. The van der Waals surface area contributed by atoms with E-state index in [-0.39, 0.29) is 16.7 Å². The maximum Gasteiger partial charge on any atom is 0.159 e. The summed E-state index contributed by atoms with van der Waals surface area (Å²) in [6.07, 6.45) is 7.36. The lowest BCUT2D eigenvalue weighted by atomic mass is 9.85. The normalized spacial score (nSPS) is 22.1. The first-order valence-corrected chi connectivity index (χ1v) is 11.0. The Bertz CT molecular complexity index is 628. The summed E-state index contributed by atoms with van der Waals surface area (Å²) in [7, 11) is 2.03. The quantitative estimate of drug-likeness (QED) is 0.669. The van der Waals surface area contributed by atoms with Gasteiger partial charge < -0.3 is 15.5 Å². The van der Waals surface area contributed by atoms with E-state index in [2.05, 4.69) is 48.4 Å². The highest BCUT2D eigenvalue weighted by molar-refractivity contribution is 5.94. The van der Waals surface area contributed by atoms with Crippen molar-refractivity contribution in [1.29, 1.82) is 0 Å². The fourth-order valence-corrected chi connectivity index (χ4v) is 4.24. The highest BCUT2D eigenvalue weighted by atomic mass is 16.1. The van der Waals surface area contributed by atoms with Crippen molar-refractivity contribution in [3.63, 3.8) is 0 Å². The van der Waals surface area contributed by atoms with Crippen LogP contribution < -0.4 is 15.5 Å². The Hall–Kier alpha value is -1.39. The number of benzene rings is 1. The smallest absolute Gasteiger partial charge is 0.159 e. The van der Waals surface area contributed by atoms with Gasteiger partial charge in [-0.1, -0.05) is 38.8 Å². The number of nitrogens with one attached hydrogen (secondary N) is 2. The number of hydrogen-bond acceptors (Lipinski definition) is 4. The predicted octanol–water partition coefficient (Wildman–Crippen LogP) is 4.64. The Labute approximate surface area is 172 Å². The van der Waals surface area contributed by atoms with Crippen LogP contribution in [0.4, 0.5) is 5.69 Å². The van der Waals surface area contributed by atoms with Crippen LogP contribution in [0.1, 0.15) is 76.6 Å². The molecule has 2 rings (SSSR count). The van der Waals surface area contributed by atoms with Crippen molar-refractivity contribution in [2.24, 2.45) is 5.41 Å². The molecule has 1 fully saturated rings. The average Bonchev–Trinajstić information content (AvgIpc) is 2.65. The molecule has 0 spiro atoms. The molecule has 0 aromatic heterocycles. The average molecular weight is 388 g/mol. The van der Waals surface area contributed by atoms with Crippen molar-refractivity contribution >= 4 is 11.5 Å². The molecular formula is C24H41N3O. The molecule has 1 aromatic rings. The summed E-state index contributed by atoms with van der Waals surface area (Å²) in [5, 5.41) is 7.23. The van der Waals surface area contributed by atoms with E-state index in [4.69, 9.17) is 0 Å². The van der Waals surface area contributed by atoms with Crippen LogP contribution in [0.2, 0.25) is 0 Å². The molecular weight excluding hydrogens is 346 g/mol. The van der Waals surface area contributed by atoms with Crippen LogP contribution in [0, 0.1) is 5.41 Å². The van der Waals surface area contributed by atoms with E-state index in [1.54, 1.807) is 6.92 Å². The maximum absolute atomic E-state index is 11.8. The van der Waals surface area contributed by atoms with Crippen LogP contribution in [-0.2, 0) is 0 Å². The van der Waals surface area contributed by atoms with Gasteiger partial charge in [-0.05, 0) is 64.1 Å². The molecule has 1 heterocycles. The zero-order valence-electron chi connectivity index (χ0n) is 18.7. The van der Waals surface area contributed by atoms with Crippen molar-refractivity contribution in [1.82, 2.24) is 10.6 Å². The summed E-state index contributed by atoms with van der Waals surface area (Å²) in [6.45, 7) is 12.9. The minimum atomic E-state index is 0.142. The number of carbonyl (C=O) groups is 1. The molecule has 1 aromatic carbocycles. The monoisotopic (exact) mass is 387 g/mol. The van der Waals surface area contributed by atoms with Crippen LogP contribution in [0.5, 0.6) is 0 Å². The van der Waals surface area contributed by atoms with Crippen molar-refractivity contribution in [2.75, 3.05) is 38.1 Å². The molecule has 0 radical (unpaired) electrons. The third kappa shape index (κ3) is 7.21. The maximum atomic E-state index is 11.8. The molecule has 2 N–H and O–H groups in total. The second kappa shape index (κ2) is 10.4. The molecule has 1 unspecified atom stereocenters. The Kier molecular flexibility index (Phi) is 8.51. The van der Waals surface area contributed by atoms with E-state index in [0.717, 1.165) is 31.7 Å². The zero-order chi connectivity index (χ0) is 20.6. The number of rotatable bonds is 7. The van der Waals surface area contributed by atoms with E-state index in [9.17, 15) is 4.79 Å². The highest BCUT2D eigenvalue weighted by Crippen LogP contribution is 2.26. The Balaban J connectivity index is 2.01. The van der Waals surface area contributed by atoms with Gasteiger partial charge in [-0.2, -0.15) is 0 Å². The van der Waals surface area contributed by atoms with E-state index >= 15 is 0 Å². The van der Waals surface area contributed by atoms with Gasteiger partial charge in [0, 0.05) is 43.0 Å². The van der Waals surface area contributed by atoms with Gasteiger partial charge >= 0.3 is 0 Å². The number of hydrogen-bond donors (Lipinski definition) is 2. The fraction of sp³-hybridized carbons (Fsp3) is 0.708. The first kappa shape index (κ1) is 22.9. The zero-order valence-corrected chi connectivity index (χ0v) is 18.7. The van der Waals surface area contributed by atoms with Gasteiger partial charge in [-0.25, -0.2) is 0 Å². The molecule has 1 aliphatic heterocycles. The number of nitrogens with zero attached hydrogens (tertiary/aromatic N) is 1. The van der Waals surface area contributed by atoms with Gasteiger partial charge in [0.15, 0.2) is 5.78 Å². The minimum absolute atomic E-state index is 0.142. The van der Waals surface area contributed by atoms with Gasteiger partial charge in [0.25, 0.3) is 0 Å². The summed E-state index contributed by atoms with van der Waals surface area (Å²) in [4.78, 5) is 14.2. The first-order chi connectivity index (χ1) is 13.2. The molecule has 1 saturated heterocycles. The van der Waals surface area contributed by atoms with Gasteiger partial charge in [-0.3, -0.25) is 4.79 Å². The van der Waals surface area contributed by atoms with E-state index < -0.39 is 0 Å². The van der Waals surface area contributed by atoms with Gasteiger partial charge in [0.2, 0.25) is 0 Å². The number of Topliss-reactive ketones (excluding diaryl/α,β-unsaturated/α-hetero) is 1. The topological polar surface area (TPSA) is 44.4 Å². The second-order valence-electron chi connectivity index (χ2n) is 9.62. The molecule has 1 atom stereocenters. The number of carbonyl (C=O) groups excluding carboxylic acids is 1. The molecule has 0 saturated carbocycles. The van der Waals surface area contributed by atoms with Gasteiger partial charge in [0.05, 0.1) is 0 Å². The lowest BCUT2D eigenvalue weighted by Gasteiger charge is -2.37. The van der Waals surface area contributed by atoms with Crippen LogP contribution >= 0.6 is 0 Å². The third-order valence-corrected chi connectivity index (χ3v) is 6.08. The molecule has 28 heavy (non-hydrogen) atoms. The minimum Gasteiger partial charge on any atom is -0.372 e. The third-order valence-electron chi connectivity index (χ3n) is 6.08. The summed E-state index contributed by atoms with van der Waals surface area (Å²) in [5.74, 6) is 0.142. The van der Waals surface area contributed by atoms with Crippen molar-refractivity contribution in [2.45, 2.75) is 71.8 Å². The first-order valence-electron chi connectivity index (χ1n) is 11.0. The molecule has 0 aliphatic carbocycles. The van der Waals surface area contributed by atoms with Crippen molar-refractivity contribution < 1.29 is 4.79 Å². The van der Waals surface area contributed by atoms with E-state index in [1.165, 1.54) is 44.2 Å². The molecule has 0 amide bonds. The molecule has 1 aliphatic rings. The highest BCUT2D eigenvalue weighted by Gasteiger charge is 2.27. The van der Waals surface area contributed by atoms with Crippen LogP contribution in [-0.4, -0.2) is 44.5 Å². The molecule has 4 heteroatoms. The Morgan fingerprint density at radius 2 is 1.82 bits per heavy atom. The summed E-state index contributed by atoms with van der Waals surface area (Å²) >= 11 is 0. The standard InChI is InChI=1S/C24H41N3O/c1-20(28)21-11-9-12-22(17-21)27-15-8-6-7-13-24(4,14-10-16-27)26-19-23(2,3)18-25-5/h9,11-12,17,25-26H,6-8,10,13-16,18-19H2,1-5H3. The number of anilines is 1. The number of ketones is 1. The predicted molar refractivity (Wildman–Crippen MR) is 120 cm³/mol. The van der Waals surface area contributed by atoms with E-state index in [0.29, 0.717) is 0 Å². The SMILES string of the molecule is CNCC(C)(C)CNC1(C)CCCCCN(c2cccc(C(C)=O)c2)CCC1. The fourth-order valence-electron chi connectivity index (χ4n) is 4.24. The van der Waals surface area contributed by atoms with Crippen molar-refractivity contribution in [3.8, 4) is 0 Å². The second-order valence-corrected chi connectivity index (χ2v) is 9.62. The van der Waals surface area contributed by atoms with E-state index in [1.807, 2.05) is 19.2 Å². The van der Waals surface area contributed by atoms with Crippen LogP contribution in [0.15, 0.2) is 24.3 Å².